The van der Waals surface area contributed by atoms with E-state index in [2.05, 4.69) is 27.6 Å². The quantitative estimate of drug-likeness (QED) is 0.840. The monoisotopic (exact) mass is 342 g/mol. The zero-order valence-electron chi connectivity index (χ0n) is 15.2. The molecule has 0 spiro atoms. The van der Waals surface area contributed by atoms with Crippen LogP contribution in [-0.4, -0.2) is 40.4 Å². The summed E-state index contributed by atoms with van der Waals surface area (Å²) in [5.74, 6) is 1.83. The van der Waals surface area contributed by atoms with E-state index in [1.54, 1.807) is 6.26 Å². The van der Waals surface area contributed by atoms with Crippen LogP contribution in [0.25, 0.3) is 0 Å². The number of nitrogens with zero attached hydrogens (tertiary/aromatic N) is 3. The molecule has 0 radical (unpaired) electrons. The first-order valence-corrected chi connectivity index (χ1v) is 9.78. The second-order valence-electron chi connectivity index (χ2n) is 7.71. The van der Waals surface area contributed by atoms with E-state index in [0.717, 1.165) is 24.6 Å². The minimum atomic E-state index is 0.372. The van der Waals surface area contributed by atoms with E-state index in [4.69, 9.17) is 4.42 Å². The van der Waals surface area contributed by atoms with Gasteiger partial charge in [-0.3, -0.25) is 9.58 Å². The molecule has 3 atom stereocenters. The maximum atomic E-state index is 5.76. The zero-order valence-corrected chi connectivity index (χ0v) is 15.2. The maximum Gasteiger partial charge on any atom is 0.122 e. The van der Waals surface area contributed by atoms with Crippen LogP contribution in [0.1, 0.15) is 49.5 Å². The number of furan rings is 1. The first-order chi connectivity index (χ1) is 12.3. The highest BCUT2D eigenvalue weighted by atomic mass is 16.3. The second kappa shape index (κ2) is 7.75. The average molecular weight is 342 g/mol. The third kappa shape index (κ3) is 3.98. The Morgan fingerprint density at radius 3 is 2.88 bits per heavy atom. The first kappa shape index (κ1) is 16.9. The minimum Gasteiger partial charge on any atom is -0.468 e. The summed E-state index contributed by atoms with van der Waals surface area (Å²) in [7, 11) is 2.00. The Morgan fingerprint density at radius 2 is 2.16 bits per heavy atom. The molecule has 1 aliphatic carbocycles. The van der Waals surface area contributed by atoms with E-state index in [9.17, 15) is 0 Å². The standard InChI is InChI=1S/C20H30N4O/c1-23-15-16(13-22-23)12-17-6-4-7-18(17)21-14-19(20-8-5-11-25-20)24-9-2-3-10-24/h5,8,11,13,15,17-19,21H,2-4,6-7,9-10,12,14H2,1H3. The SMILES string of the molecule is Cn1cc(CC2CCCC2NCC(c2ccco2)N2CCCC2)cn1. The summed E-state index contributed by atoms with van der Waals surface area (Å²) in [4.78, 5) is 2.58. The van der Waals surface area contributed by atoms with E-state index in [0.29, 0.717) is 12.1 Å². The molecule has 2 aliphatic rings. The molecule has 5 heteroatoms. The highest BCUT2D eigenvalue weighted by Crippen LogP contribution is 2.30. The lowest BCUT2D eigenvalue weighted by atomic mass is 9.96. The minimum absolute atomic E-state index is 0.372. The van der Waals surface area contributed by atoms with Crippen LogP contribution in [0, 0.1) is 5.92 Å². The summed E-state index contributed by atoms with van der Waals surface area (Å²) in [5.41, 5.74) is 1.36. The first-order valence-electron chi connectivity index (χ1n) is 9.78. The van der Waals surface area contributed by atoms with E-state index >= 15 is 0 Å². The molecular weight excluding hydrogens is 312 g/mol. The fourth-order valence-corrected chi connectivity index (χ4v) is 4.64. The van der Waals surface area contributed by atoms with Gasteiger partial charge in [0, 0.05) is 25.8 Å². The Labute approximate surface area is 150 Å². The smallest absolute Gasteiger partial charge is 0.122 e. The van der Waals surface area contributed by atoms with Gasteiger partial charge in [-0.15, -0.1) is 0 Å². The van der Waals surface area contributed by atoms with Gasteiger partial charge in [0.2, 0.25) is 0 Å². The van der Waals surface area contributed by atoms with Crippen LogP contribution in [0.4, 0.5) is 0 Å². The van der Waals surface area contributed by atoms with Crippen LogP contribution in [0.2, 0.25) is 0 Å². The predicted molar refractivity (Wildman–Crippen MR) is 98.3 cm³/mol. The molecule has 4 rings (SSSR count). The molecular formula is C20H30N4O. The Kier molecular flexibility index (Phi) is 5.22. The van der Waals surface area contributed by atoms with Gasteiger partial charge in [-0.2, -0.15) is 5.10 Å². The second-order valence-corrected chi connectivity index (χ2v) is 7.71. The molecule has 0 bridgehead atoms. The van der Waals surface area contributed by atoms with E-state index in [1.807, 2.05) is 24.0 Å². The van der Waals surface area contributed by atoms with Gasteiger partial charge in [-0.25, -0.2) is 0 Å². The highest BCUT2D eigenvalue weighted by Gasteiger charge is 2.30. The van der Waals surface area contributed by atoms with Crippen molar-refractivity contribution in [2.24, 2.45) is 13.0 Å². The van der Waals surface area contributed by atoms with Crippen molar-refractivity contribution in [1.82, 2.24) is 20.0 Å². The Hall–Kier alpha value is -1.59. The molecule has 2 aromatic rings. The van der Waals surface area contributed by atoms with Crippen molar-refractivity contribution in [2.45, 2.75) is 50.6 Å². The molecule has 136 valence electrons. The molecule has 1 saturated carbocycles. The largest absolute Gasteiger partial charge is 0.468 e. The molecule has 1 aliphatic heterocycles. The zero-order chi connectivity index (χ0) is 17.1. The topological polar surface area (TPSA) is 46.2 Å². The molecule has 5 nitrogen and oxygen atoms in total. The van der Waals surface area contributed by atoms with Gasteiger partial charge < -0.3 is 9.73 Å². The van der Waals surface area contributed by atoms with Gasteiger partial charge in [-0.1, -0.05) is 6.42 Å². The third-order valence-electron chi connectivity index (χ3n) is 5.94. The number of rotatable bonds is 7. The summed E-state index contributed by atoms with van der Waals surface area (Å²) in [5, 5.41) is 8.22. The number of aromatic nitrogens is 2. The van der Waals surface area contributed by atoms with Crippen molar-refractivity contribution in [1.29, 1.82) is 0 Å². The number of likely N-dealkylation sites (tertiary alicyclic amines) is 1. The maximum absolute atomic E-state index is 5.76. The molecule has 2 aromatic heterocycles. The van der Waals surface area contributed by atoms with Gasteiger partial charge in [0.1, 0.15) is 5.76 Å². The van der Waals surface area contributed by atoms with Crippen LogP contribution in [0.3, 0.4) is 0 Å². The Morgan fingerprint density at radius 1 is 1.28 bits per heavy atom. The molecule has 1 N–H and O–H groups in total. The molecule has 3 heterocycles. The summed E-state index contributed by atoms with van der Waals surface area (Å²) in [6.45, 7) is 3.37. The van der Waals surface area contributed by atoms with Crippen LogP contribution < -0.4 is 5.32 Å². The van der Waals surface area contributed by atoms with Gasteiger partial charge in [0.05, 0.1) is 18.5 Å². The van der Waals surface area contributed by atoms with Crippen molar-refractivity contribution in [3.05, 3.63) is 42.1 Å². The van der Waals surface area contributed by atoms with Gasteiger partial charge in [-0.05, 0) is 68.8 Å². The lowest BCUT2D eigenvalue weighted by Gasteiger charge is -2.29. The van der Waals surface area contributed by atoms with Crippen molar-refractivity contribution in [3.63, 3.8) is 0 Å². The number of aryl methyl sites for hydroxylation is 1. The molecule has 2 fully saturated rings. The van der Waals surface area contributed by atoms with Crippen LogP contribution in [0.5, 0.6) is 0 Å². The fourth-order valence-electron chi connectivity index (χ4n) is 4.64. The van der Waals surface area contributed by atoms with Gasteiger partial charge in [0.15, 0.2) is 0 Å². The Balaban J connectivity index is 1.37. The number of hydrogen-bond donors (Lipinski definition) is 1. The molecule has 1 saturated heterocycles. The molecule has 0 aromatic carbocycles. The highest BCUT2D eigenvalue weighted by molar-refractivity contribution is 5.08. The summed E-state index contributed by atoms with van der Waals surface area (Å²) < 4.78 is 7.67. The predicted octanol–water partition coefficient (Wildman–Crippen LogP) is 3.15. The fraction of sp³-hybridized carbons (Fsp3) is 0.650. The Bertz CT molecular complexity index is 644. The summed E-state index contributed by atoms with van der Waals surface area (Å²) in [6, 6.07) is 5.13. The normalized spacial score (nSPS) is 25.6. The summed E-state index contributed by atoms with van der Waals surface area (Å²) >= 11 is 0. The van der Waals surface area contributed by atoms with Crippen molar-refractivity contribution < 1.29 is 4.42 Å². The molecule has 3 unspecified atom stereocenters. The average Bonchev–Trinajstić information content (AvgIpc) is 3.37. The van der Waals surface area contributed by atoms with Crippen LogP contribution in [0.15, 0.2) is 35.2 Å². The van der Waals surface area contributed by atoms with Gasteiger partial charge in [0.25, 0.3) is 0 Å². The van der Waals surface area contributed by atoms with Crippen molar-refractivity contribution in [2.75, 3.05) is 19.6 Å². The van der Waals surface area contributed by atoms with E-state index in [-0.39, 0.29) is 0 Å². The van der Waals surface area contributed by atoms with Crippen LogP contribution in [-0.2, 0) is 13.5 Å². The molecule has 0 amide bonds. The number of nitrogens with one attached hydrogen (secondary N) is 1. The van der Waals surface area contributed by atoms with Crippen molar-refractivity contribution in [3.8, 4) is 0 Å². The molecule has 25 heavy (non-hydrogen) atoms. The summed E-state index contributed by atoms with van der Waals surface area (Å²) in [6.07, 6.45) is 13.7. The van der Waals surface area contributed by atoms with Crippen LogP contribution >= 0.6 is 0 Å². The lowest BCUT2D eigenvalue weighted by Crippen LogP contribution is -2.40. The lowest BCUT2D eigenvalue weighted by molar-refractivity contribution is 0.200. The van der Waals surface area contributed by atoms with Gasteiger partial charge >= 0.3 is 0 Å². The van der Waals surface area contributed by atoms with Crippen molar-refractivity contribution >= 4 is 0 Å². The third-order valence-corrected chi connectivity index (χ3v) is 5.94. The number of hydrogen-bond acceptors (Lipinski definition) is 4. The van der Waals surface area contributed by atoms with E-state index in [1.165, 1.54) is 50.8 Å². The van der Waals surface area contributed by atoms with E-state index < -0.39 is 0 Å².